The molecule has 2 aromatic rings. The minimum absolute atomic E-state index is 0.0305. The van der Waals surface area contributed by atoms with E-state index in [2.05, 4.69) is 10.00 Å². The lowest BCUT2D eigenvalue weighted by Crippen LogP contribution is -2.43. The molecule has 0 spiro atoms. The van der Waals surface area contributed by atoms with Crippen molar-refractivity contribution in [1.29, 1.82) is 0 Å². The molecule has 2 heterocycles. The van der Waals surface area contributed by atoms with Gasteiger partial charge in [0.05, 0.1) is 29.8 Å². The minimum atomic E-state index is -0.701. The molecule has 1 aromatic carbocycles. The van der Waals surface area contributed by atoms with Crippen molar-refractivity contribution in [2.75, 3.05) is 18.0 Å². The maximum atomic E-state index is 10.7. The van der Waals surface area contributed by atoms with E-state index in [0.717, 1.165) is 11.4 Å². The van der Waals surface area contributed by atoms with Gasteiger partial charge in [-0.3, -0.25) is 14.8 Å². The zero-order chi connectivity index (χ0) is 16.4. The molecule has 1 N–H and O–H groups in total. The first kappa shape index (κ1) is 15.3. The predicted molar refractivity (Wildman–Crippen MR) is 83.6 cm³/mol. The monoisotopic (exact) mass is 318 g/mol. The summed E-state index contributed by atoms with van der Waals surface area (Å²) in [6.07, 6.45) is 1.83. The van der Waals surface area contributed by atoms with Crippen LogP contribution in [-0.2, 0) is 6.54 Å². The molecule has 0 amide bonds. The summed E-state index contributed by atoms with van der Waals surface area (Å²) >= 11 is 0. The third-order valence-electron chi connectivity index (χ3n) is 3.67. The third-order valence-corrected chi connectivity index (χ3v) is 3.67. The molecule has 1 aromatic heterocycles. The summed E-state index contributed by atoms with van der Waals surface area (Å²) in [5.74, 6) is 0.799. The van der Waals surface area contributed by atoms with Gasteiger partial charge in [0.2, 0.25) is 0 Å². The molecule has 23 heavy (non-hydrogen) atoms. The Morgan fingerprint density at radius 3 is 3.00 bits per heavy atom. The van der Waals surface area contributed by atoms with E-state index < -0.39 is 11.0 Å². The van der Waals surface area contributed by atoms with E-state index in [1.165, 1.54) is 17.1 Å². The number of hydrogen-bond acceptors (Lipinski definition) is 6. The van der Waals surface area contributed by atoms with Crippen molar-refractivity contribution in [2.24, 2.45) is 0 Å². The Morgan fingerprint density at radius 2 is 2.26 bits per heavy atom. The quantitative estimate of drug-likeness (QED) is 0.662. The number of β-amino-alcohol motifs (C(OH)–C–C–N with tert-alkyl or cyclic N) is 1. The summed E-state index contributed by atoms with van der Waals surface area (Å²) in [6.45, 7) is 3.25. The predicted octanol–water partition coefficient (Wildman–Crippen LogP) is 1.44. The highest BCUT2D eigenvalue weighted by Gasteiger charge is 2.24. The van der Waals surface area contributed by atoms with E-state index >= 15 is 0 Å². The topological polar surface area (TPSA) is 93.7 Å². The first-order valence-corrected chi connectivity index (χ1v) is 7.38. The van der Waals surface area contributed by atoms with Crippen LogP contribution in [0.3, 0.4) is 0 Å². The number of ether oxygens (including phenoxy) is 1. The SMILES string of the molecule is C[C@@H]1CN(C[C@@H](O)Cn2cc([N+](=O)[O-])cn2)c2ccccc2O1. The number of nitro groups is 1. The molecule has 0 unspecified atom stereocenters. The van der Waals surface area contributed by atoms with Crippen LogP contribution in [0.25, 0.3) is 0 Å². The highest BCUT2D eigenvalue weighted by Crippen LogP contribution is 2.32. The maximum Gasteiger partial charge on any atom is 0.306 e. The Hall–Kier alpha value is -2.61. The van der Waals surface area contributed by atoms with Crippen LogP contribution in [0.15, 0.2) is 36.7 Å². The fourth-order valence-corrected chi connectivity index (χ4v) is 2.73. The van der Waals surface area contributed by atoms with Crippen LogP contribution in [0.5, 0.6) is 5.75 Å². The van der Waals surface area contributed by atoms with Crippen molar-refractivity contribution in [3.8, 4) is 5.75 Å². The zero-order valence-corrected chi connectivity index (χ0v) is 12.7. The van der Waals surface area contributed by atoms with Crippen molar-refractivity contribution in [3.05, 3.63) is 46.8 Å². The molecule has 8 heteroatoms. The second-order valence-electron chi connectivity index (χ2n) is 5.63. The average molecular weight is 318 g/mol. The van der Waals surface area contributed by atoms with Gasteiger partial charge in [-0.15, -0.1) is 0 Å². The van der Waals surface area contributed by atoms with E-state index in [4.69, 9.17) is 4.74 Å². The molecule has 2 atom stereocenters. The second-order valence-corrected chi connectivity index (χ2v) is 5.63. The largest absolute Gasteiger partial charge is 0.487 e. The number of rotatable bonds is 5. The highest BCUT2D eigenvalue weighted by atomic mass is 16.6. The van der Waals surface area contributed by atoms with Crippen molar-refractivity contribution >= 4 is 11.4 Å². The number of para-hydroxylation sites is 2. The average Bonchev–Trinajstić information content (AvgIpc) is 2.95. The van der Waals surface area contributed by atoms with Crippen molar-refractivity contribution in [3.63, 3.8) is 0 Å². The molecule has 8 nitrogen and oxygen atoms in total. The lowest BCUT2D eigenvalue weighted by molar-refractivity contribution is -0.385. The number of fused-ring (bicyclic) bond motifs is 1. The van der Waals surface area contributed by atoms with E-state index in [1.807, 2.05) is 31.2 Å². The van der Waals surface area contributed by atoms with Crippen LogP contribution >= 0.6 is 0 Å². The van der Waals surface area contributed by atoms with Crippen LogP contribution in [-0.4, -0.2) is 45.1 Å². The molecular weight excluding hydrogens is 300 g/mol. The van der Waals surface area contributed by atoms with E-state index in [-0.39, 0.29) is 18.3 Å². The number of aliphatic hydroxyl groups is 1. The van der Waals surface area contributed by atoms with E-state index in [9.17, 15) is 15.2 Å². The molecule has 0 radical (unpaired) electrons. The van der Waals surface area contributed by atoms with Gasteiger partial charge in [0, 0.05) is 6.54 Å². The first-order chi connectivity index (χ1) is 11.0. The van der Waals surface area contributed by atoms with Gasteiger partial charge in [0.25, 0.3) is 0 Å². The van der Waals surface area contributed by atoms with Crippen LogP contribution in [0.1, 0.15) is 6.92 Å². The van der Waals surface area contributed by atoms with Gasteiger partial charge in [-0.25, -0.2) is 0 Å². The molecule has 122 valence electrons. The standard InChI is InChI=1S/C15H18N4O4/c1-11-7-17(14-4-2-3-5-15(14)23-11)9-13(20)10-18-8-12(6-16-18)19(21)22/h2-6,8,11,13,20H,7,9-10H2,1H3/t11-,13-/m1/s1. The maximum absolute atomic E-state index is 10.7. The summed E-state index contributed by atoms with van der Waals surface area (Å²) in [5, 5.41) is 24.9. The zero-order valence-electron chi connectivity index (χ0n) is 12.7. The third kappa shape index (κ3) is 3.42. The van der Waals surface area contributed by atoms with Gasteiger partial charge in [-0.05, 0) is 19.1 Å². The lowest BCUT2D eigenvalue weighted by atomic mass is 10.2. The molecule has 0 bridgehead atoms. The van der Waals surface area contributed by atoms with Crippen LogP contribution in [0.2, 0.25) is 0 Å². The fraction of sp³-hybridized carbons (Fsp3) is 0.400. The van der Waals surface area contributed by atoms with Crippen molar-refractivity contribution in [2.45, 2.75) is 25.7 Å². The Morgan fingerprint density at radius 1 is 1.48 bits per heavy atom. The second kappa shape index (κ2) is 6.25. The molecule has 0 aliphatic carbocycles. The summed E-state index contributed by atoms with van der Waals surface area (Å²) in [4.78, 5) is 12.2. The number of nitrogens with zero attached hydrogens (tertiary/aromatic N) is 4. The van der Waals surface area contributed by atoms with Crippen molar-refractivity contribution in [1.82, 2.24) is 9.78 Å². The highest BCUT2D eigenvalue weighted by molar-refractivity contribution is 5.60. The van der Waals surface area contributed by atoms with Gasteiger partial charge < -0.3 is 14.7 Å². The van der Waals surface area contributed by atoms with Gasteiger partial charge in [-0.1, -0.05) is 12.1 Å². The number of anilines is 1. The number of aliphatic hydroxyl groups excluding tert-OH is 1. The molecular formula is C15H18N4O4. The molecule has 0 saturated carbocycles. The summed E-state index contributed by atoms with van der Waals surface area (Å²) < 4.78 is 7.16. The summed E-state index contributed by atoms with van der Waals surface area (Å²) in [6, 6.07) is 7.69. The van der Waals surface area contributed by atoms with Gasteiger partial charge in [-0.2, -0.15) is 5.10 Å². The number of benzene rings is 1. The molecule has 0 fully saturated rings. The molecule has 3 rings (SSSR count). The number of aromatic nitrogens is 2. The Bertz CT molecular complexity index is 702. The van der Waals surface area contributed by atoms with Crippen LogP contribution < -0.4 is 9.64 Å². The Labute approximate surface area is 133 Å². The lowest BCUT2D eigenvalue weighted by Gasteiger charge is -2.36. The number of hydrogen-bond donors (Lipinski definition) is 1. The van der Waals surface area contributed by atoms with E-state index in [0.29, 0.717) is 13.1 Å². The summed E-state index contributed by atoms with van der Waals surface area (Å²) in [7, 11) is 0. The molecule has 1 aliphatic heterocycles. The van der Waals surface area contributed by atoms with Gasteiger partial charge in [0.15, 0.2) is 0 Å². The molecule has 1 aliphatic rings. The van der Waals surface area contributed by atoms with Gasteiger partial charge in [0.1, 0.15) is 24.2 Å². The smallest absolute Gasteiger partial charge is 0.306 e. The Kier molecular flexibility index (Phi) is 4.16. The molecule has 0 saturated heterocycles. The van der Waals surface area contributed by atoms with Gasteiger partial charge >= 0.3 is 5.69 Å². The van der Waals surface area contributed by atoms with Crippen molar-refractivity contribution < 1.29 is 14.8 Å². The minimum Gasteiger partial charge on any atom is -0.487 e. The first-order valence-electron chi connectivity index (χ1n) is 7.38. The summed E-state index contributed by atoms with van der Waals surface area (Å²) in [5.41, 5.74) is 0.860. The van der Waals surface area contributed by atoms with Crippen LogP contribution in [0, 0.1) is 10.1 Å². The van der Waals surface area contributed by atoms with Crippen LogP contribution in [0.4, 0.5) is 11.4 Å². The van der Waals surface area contributed by atoms with E-state index in [1.54, 1.807) is 0 Å². The normalized spacial score (nSPS) is 18.2. The Balaban J connectivity index is 1.67. The fourth-order valence-electron chi connectivity index (χ4n) is 2.73.